The molecule has 0 aliphatic carbocycles. The maximum absolute atomic E-state index is 13.1. The molecule has 1 saturated heterocycles. The lowest BCUT2D eigenvalue weighted by Gasteiger charge is -2.29. The van der Waals surface area contributed by atoms with E-state index in [0.29, 0.717) is 22.0 Å². The van der Waals surface area contributed by atoms with Gasteiger partial charge >= 0.3 is 0 Å². The molecule has 1 amide bonds. The molecule has 1 aliphatic rings. The summed E-state index contributed by atoms with van der Waals surface area (Å²) < 4.78 is 23.8. The molecule has 138 valence electrons. The van der Waals surface area contributed by atoms with E-state index in [2.05, 4.69) is 0 Å². The lowest BCUT2D eigenvalue weighted by atomic mass is 10.1. The van der Waals surface area contributed by atoms with Gasteiger partial charge in [0.15, 0.2) is 9.84 Å². The van der Waals surface area contributed by atoms with Crippen molar-refractivity contribution in [2.24, 2.45) is 0 Å². The van der Waals surface area contributed by atoms with Crippen molar-refractivity contribution in [3.63, 3.8) is 0 Å². The molecule has 8 heteroatoms. The molecule has 3 rings (SSSR count). The molecule has 0 radical (unpaired) electrons. The standard InChI is InChI=1S/C18H16Cl3NO3S/c19-13-3-1-2-12(8-13)10-22(15-6-7-26(24,25)11-15)18(23)16-5-4-14(20)9-17(16)21/h1-5,8-9,15H,6-7,10-11H2. The predicted octanol–water partition coefficient (Wildman–Crippen LogP) is 4.48. The maximum Gasteiger partial charge on any atom is 0.255 e. The van der Waals surface area contributed by atoms with E-state index in [1.807, 2.05) is 6.07 Å². The summed E-state index contributed by atoms with van der Waals surface area (Å²) in [5.74, 6) is -0.302. The highest BCUT2D eigenvalue weighted by Crippen LogP contribution is 2.27. The Labute approximate surface area is 167 Å². The van der Waals surface area contributed by atoms with E-state index in [9.17, 15) is 13.2 Å². The van der Waals surface area contributed by atoms with Gasteiger partial charge in [-0.15, -0.1) is 0 Å². The monoisotopic (exact) mass is 431 g/mol. The first-order valence-corrected chi connectivity index (χ1v) is 10.9. The van der Waals surface area contributed by atoms with Crippen molar-refractivity contribution in [3.8, 4) is 0 Å². The van der Waals surface area contributed by atoms with E-state index in [1.165, 1.54) is 6.07 Å². The molecule has 2 aromatic carbocycles. The summed E-state index contributed by atoms with van der Waals surface area (Å²) in [4.78, 5) is 14.7. The van der Waals surface area contributed by atoms with Crippen LogP contribution in [0.1, 0.15) is 22.3 Å². The Kier molecular flexibility index (Phi) is 5.82. The van der Waals surface area contributed by atoms with E-state index in [1.54, 1.807) is 35.2 Å². The van der Waals surface area contributed by atoms with Crippen molar-refractivity contribution in [2.75, 3.05) is 11.5 Å². The first-order chi connectivity index (χ1) is 12.2. The van der Waals surface area contributed by atoms with Gasteiger partial charge in [-0.2, -0.15) is 0 Å². The Hall–Kier alpha value is -1.27. The highest BCUT2D eigenvalue weighted by atomic mass is 35.5. The lowest BCUT2D eigenvalue weighted by Crippen LogP contribution is -2.40. The zero-order chi connectivity index (χ0) is 18.9. The van der Waals surface area contributed by atoms with Crippen LogP contribution in [-0.4, -0.2) is 36.8 Å². The number of halogens is 3. The number of hydrogen-bond donors (Lipinski definition) is 0. The van der Waals surface area contributed by atoms with Crippen molar-refractivity contribution < 1.29 is 13.2 Å². The molecule has 1 aliphatic heterocycles. The van der Waals surface area contributed by atoms with Crippen LogP contribution >= 0.6 is 34.8 Å². The molecule has 26 heavy (non-hydrogen) atoms. The third-order valence-electron chi connectivity index (χ3n) is 4.31. The average molecular weight is 433 g/mol. The number of sulfone groups is 1. The first-order valence-electron chi connectivity index (χ1n) is 7.96. The van der Waals surface area contributed by atoms with Crippen molar-refractivity contribution in [3.05, 3.63) is 68.7 Å². The minimum Gasteiger partial charge on any atom is -0.330 e. The second kappa shape index (κ2) is 7.77. The number of nitrogens with zero attached hydrogens (tertiary/aromatic N) is 1. The molecule has 1 fully saturated rings. The number of hydrogen-bond acceptors (Lipinski definition) is 3. The van der Waals surface area contributed by atoms with Crippen LogP contribution in [0.2, 0.25) is 15.1 Å². The Morgan fingerprint density at radius 3 is 2.42 bits per heavy atom. The van der Waals surface area contributed by atoms with Crippen molar-refractivity contribution in [1.29, 1.82) is 0 Å². The summed E-state index contributed by atoms with van der Waals surface area (Å²) in [6, 6.07) is 11.4. The van der Waals surface area contributed by atoms with E-state index < -0.39 is 15.9 Å². The van der Waals surface area contributed by atoms with Crippen LogP contribution in [0.25, 0.3) is 0 Å². The quantitative estimate of drug-likeness (QED) is 0.716. The number of carbonyl (C=O) groups is 1. The maximum atomic E-state index is 13.1. The van der Waals surface area contributed by atoms with Gasteiger partial charge < -0.3 is 4.90 Å². The fourth-order valence-corrected chi connectivity index (χ4v) is 5.47. The molecule has 0 saturated carbocycles. The van der Waals surface area contributed by atoms with Crippen LogP contribution in [0.15, 0.2) is 42.5 Å². The van der Waals surface area contributed by atoms with Crippen LogP contribution in [0.3, 0.4) is 0 Å². The van der Waals surface area contributed by atoms with Gasteiger partial charge in [0.2, 0.25) is 0 Å². The van der Waals surface area contributed by atoms with Crippen molar-refractivity contribution >= 4 is 50.5 Å². The zero-order valence-electron chi connectivity index (χ0n) is 13.7. The van der Waals surface area contributed by atoms with E-state index in [0.717, 1.165) is 5.56 Å². The predicted molar refractivity (Wildman–Crippen MR) is 105 cm³/mol. The first kappa shape index (κ1) is 19.5. The number of carbonyl (C=O) groups excluding carboxylic acids is 1. The minimum atomic E-state index is -3.15. The van der Waals surface area contributed by atoms with Crippen LogP contribution in [-0.2, 0) is 16.4 Å². The van der Waals surface area contributed by atoms with Gasteiger partial charge in [0.05, 0.1) is 22.1 Å². The zero-order valence-corrected chi connectivity index (χ0v) is 16.7. The molecule has 0 N–H and O–H groups in total. The Morgan fingerprint density at radius 2 is 1.81 bits per heavy atom. The Morgan fingerprint density at radius 1 is 1.08 bits per heavy atom. The molecular formula is C18H16Cl3NO3S. The normalized spacial score (nSPS) is 18.7. The molecule has 1 heterocycles. The topological polar surface area (TPSA) is 54.5 Å². The molecule has 0 bridgehead atoms. The summed E-state index contributed by atoms with van der Waals surface area (Å²) >= 11 is 18.1. The fraction of sp³-hybridized carbons (Fsp3) is 0.278. The van der Waals surface area contributed by atoms with Gasteiger partial charge in [0.25, 0.3) is 5.91 Å². The smallest absolute Gasteiger partial charge is 0.255 e. The van der Waals surface area contributed by atoms with Crippen LogP contribution < -0.4 is 0 Å². The van der Waals surface area contributed by atoms with Gasteiger partial charge in [-0.05, 0) is 42.3 Å². The largest absolute Gasteiger partial charge is 0.330 e. The molecule has 4 nitrogen and oxygen atoms in total. The summed E-state index contributed by atoms with van der Waals surface area (Å²) in [6.45, 7) is 0.249. The van der Waals surface area contributed by atoms with Gasteiger partial charge in [-0.25, -0.2) is 8.42 Å². The van der Waals surface area contributed by atoms with Crippen LogP contribution in [0.5, 0.6) is 0 Å². The highest BCUT2D eigenvalue weighted by molar-refractivity contribution is 7.91. The highest BCUT2D eigenvalue weighted by Gasteiger charge is 2.35. The van der Waals surface area contributed by atoms with Gasteiger partial charge in [-0.3, -0.25) is 4.79 Å². The molecule has 1 unspecified atom stereocenters. The van der Waals surface area contributed by atoms with Crippen LogP contribution in [0, 0.1) is 0 Å². The Balaban J connectivity index is 1.95. The summed E-state index contributed by atoms with van der Waals surface area (Å²) in [6.07, 6.45) is 0.403. The molecule has 2 aromatic rings. The molecule has 0 aromatic heterocycles. The average Bonchev–Trinajstić information content (AvgIpc) is 2.92. The van der Waals surface area contributed by atoms with Gasteiger partial charge in [0.1, 0.15) is 0 Å². The Bertz CT molecular complexity index is 946. The van der Waals surface area contributed by atoms with Crippen molar-refractivity contribution in [2.45, 2.75) is 19.0 Å². The number of benzene rings is 2. The summed E-state index contributed by atoms with van der Waals surface area (Å²) in [5, 5.41) is 1.22. The molecule has 1 atom stereocenters. The molecular weight excluding hydrogens is 417 g/mol. The van der Waals surface area contributed by atoms with Gasteiger partial charge in [0, 0.05) is 22.6 Å². The fourth-order valence-electron chi connectivity index (χ4n) is 3.04. The third kappa shape index (κ3) is 4.52. The van der Waals surface area contributed by atoms with E-state index in [-0.39, 0.29) is 29.0 Å². The third-order valence-corrected chi connectivity index (χ3v) is 6.85. The minimum absolute atomic E-state index is 0.0511. The van der Waals surface area contributed by atoms with Crippen molar-refractivity contribution in [1.82, 2.24) is 4.90 Å². The number of rotatable bonds is 4. The second-order valence-electron chi connectivity index (χ2n) is 6.24. The van der Waals surface area contributed by atoms with Gasteiger partial charge in [-0.1, -0.05) is 46.9 Å². The lowest BCUT2D eigenvalue weighted by molar-refractivity contribution is 0.0681. The summed E-state index contributed by atoms with van der Waals surface area (Å²) in [5.41, 5.74) is 1.11. The molecule has 0 spiro atoms. The van der Waals surface area contributed by atoms with E-state index in [4.69, 9.17) is 34.8 Å². The SMILES string of the molecule is O=C(c1ccc(Cl)cc1Cl)N(Cc1cccc(Cl)c1)C1CCS(=O)(=O)C1. The number of amides is 1. The second-order valence-corrected chi connectivity index (χ2v) is 9.75. The van der Waals surface area contributed by atoms with E-state index >= 15 is 0 Å². The summed E-state index contributed by atoms with van der Waals surface area (Å²) in [7, 11) is -3.15. The van der Waals surface area contributed by atoms with Crippen LogP contribution in [0.4, 0.5) is 0 Å².